The van der Waals surface area contributed by atoms with Gasteiger partial charge in [0.1, 0.15) is 6.61 Å². The van der Waals surface area contributed by atoms with Gasteiger partial charge in [0.05, 0.1) is 22.8 Å². The van der Waals surface area contributed by atoms with Gasteiger partial charge in [0.25, 0.3) is 15.9 Å². The minimum absolute atomic E-state index is 0.0622. The monoisotopic (exact) mass is 574 g/mol. The van der Waals surface area contributed by atoms with Crippen LogP contribution in [0.4, 0.5) is 5.95 Å². The number of ether oxygens (including phenoxy) is 1. The summed E-state index contributed by atoms with van der Waals surface area (Å²) in [5.41, 5.74) is 4.49. The van der Waals surface area contributed by atoms with Crippen molar-refractivity contribution in [3.8, 4) is 17.1 Å². The van der Waals surface area contributed by atoms with Crippen molar-refractivity contribution in [2.75, 3.05) is 11.3 Å². The van der Waals surface area contributed by atoms with Crippen LogP contribution in [0.5, 0.6) is 5.88 Å². The Balaban J connectivity index is 1.67. The van der Waals surface area contributed by atoms with Crippen LogP contribution < -0.4 is 9.46 Å². The number of carbonyl (C=O) groups is 1. The summed E-state index contributed by atoms with van der Waals surface area (Å²) < 4.78 is 37.4. The molecule has 2 aromatic heterocycles. The molecule has 0 saturated heterocycles. The minimum atomic E-state index is -4.12. The quantitative estimate of drug-likeness (QED) is 0.366. The van der Waals surface area contributed by atoms with Gasteiger partial charge in [0, 0.05) is 42.5 Å². The molecule has 0 radical (unpaired) electrons. The zero-order chi connectivity index (χ0) is 29.3. The van der Waals surface area contributed by atoms with Gasteiger partial charge in [-0.05, 0) is 55.5 Å². The van der Waals surface area contributed by atoms with Crippen LogP contribution in [0, 0.1) is 19.8 Å². The van der Waals surface area contributed by atoms with Crippen LogP contribution >= 0.6 is 0 Å². The number of nitrogens with one attached hydrogen (secondary N) is 1. The lowest BCUT2D eigenvalue weighted by Gasteiger charge is -2.33. The molecule has 0 unspecified atom stereocenters. The van der Waals surface area contributed by atoms with Crippen LogP contribution in [0.1, 0.15) is 47.3 Å². The molecule has 1 aliphatic heterocycles. The summed E-state index contributed by atoms with van der Waals surface area (Å²) in [6.07, 6.45) is 4.24. The smallest absolute Gasteiger partial charge is 0.264 e. The third kappa shape index (κ3) is 6.25. The van der Waals surface area contributed by atoms with Gasteiger partial charge in [-0.1, -0.05) is 38.1 Å². The molecule has 41 heavy (non-hydrogen) atoms. The Bertz CT molecular complexity index is 1680. The van der Waals surface area contributed by atoms with Gasteiger partial charge in [-0.25, -0.2) is 18.1 Å². The fraction of sp³-hybridized carbons (Fsp3) is 0.333. The third-order valence-electron chi connectivity index (χ3n) is 7.04. The van der Waals surface area contributed by atoms with Crippen molar-refractivity contribution in [3.63, 3.8) is 0 Å². The van der Waals surface area contributed by atoms with Crippen LogP contribution in [0.2, 0.25) is 0 Å². The Kier molecular flexibility index (Phi) is 7.81. The Morgan fingerprint density at radius 1 is 1.07 bits per heavy atom. The summed E-state index contributed by atoms with van der Waals surface area (Å²) >= 11 is 0. The second kappa shape index (κ2) is 11.3. The summed E-state index contributed by atoms with van der Waals surface area (Å²) in [7, 11) is -2.30. The lowest BCUT2D eigenvalue weighted by atomic mass is 10.00. The fourth-order valence-corrected chi connectivity index (χ4v) is 6.15. The second-order valence-corrected chi connectivity index (χ2v) is 12.5. The zero-order valence-corrected chi connectivity index (χ0v) is 24.6. The number of nitrogens with zero attached hydrogens (tertiary/aromatic N) is 5. The van der Waals surface area contributed by atoms with Crippen LogP contribution in [-0.4, -0.2) is 51.6 Å². The number of hydrogen-bond acceptors (Lipinski definition) is 7. The predicted octanol–water partition coefficient (Wildman–Crippen LogP) is 4.74. The number of amides is 1. The largest absolute Gasteiger partial charge is 0.475 e. The summed E-state index contributed by atoms with van der Waals surface area (Å²) in [6.45, 7) is 8.57. The molecule has 10 nitrogen and oxygen atoms in total. The number of rotatable bonds is 5. The van der Waals surface area contributed by atoms with Crippen molar-refractivity contribution in [3.05, 3.63) is 83.2 Å². The Hall–Kier alpha value is -4.25. The van der Waals surface area contributed by atoms with Crippen molar-refractivity contribution in [2.24, 2.45) is 13.0 Å². The molecule has 4 aromatic rings. The van der Waals surface area contributed by atoms with Gasteiger partial charge in [0.2, 0.25) is 11.8 Å². The first-order chi connectivity index (χ1) is 19.5. The lowest BCUT2D eigenvalue weighted by Crippen LogP contribution is -2.44. The topological polar surface area (TPSA) is 119 Å². The van der Waals surface area contributed by atoms with Gasteiger partial charge in [-0.15, -0.1) is 0 Å². The maximum Gasteiger partial charge on any atom is 0.264 e. The third-order valence-corrected chi connectivity index (χ3v) is 8.36. The first kappa shape index (κ1) is 28.3. The number of anilines is 1. The number of carbonyl (C=O) groups excluding carboxylic acids is 1. The number of aryl methyl sites for hydroxylation is 3. The molecule has 0 saturated carbocycles. The fourth-order valence-electron chi connectivity index (χ4n) is 5.16. The van der Waals surface area contributed by atoms with E-state index in [9.17, 15) is 13.2 Å². The van der Waals surface area contributed by atoms with Gasteiger partial charge >= 0.3 is 0 Å². The average molecular weight is 575 g/mol. The molecule has 2 aromatic carbocycles. The molecular formula is C30H34N6O4S. The van der Waals surface area contributed by atoms with E-state index < -0.39 is 10.0 Å². The number of sulfonamides is 1. The Morgan fingerprint density at radius 3 is 2.49 bits per heavy atom. The number of benzene rings is 2. The van der Waals surface area contributed by atoms with Gasteiger partial charge < -0.3 is 9.64 Å². The number of aromatic nitrogens is 4. The molecule has 5 rings (SSSR count). The summed E-state index contributed by atoms with van der Waals surface area (Å²) in [6, 6.07) is 13.3. The molecule has 0 spiro atoms. The highest BCUT2D eigenvalue weighted by molar-refractivity contribution is 7.92. The molecule has 11 heteroatoms. The van der Waals surface area contributed by atoms with E-state index in [2.05, 4.69) is 33.6 Å². The van der Waals surface area contributed by atoms with Crippen LogP contribution in [0.25, 0.3) is 11.3 Å². The van der Waals surface area contributed by atoms with E-state index >= 15 is 0 Å². The van der Waals surface area contributed by atoms with Gasteiger partial charge in [-0.3, -0.25) is 9.48 Å². The summed E-state index contributed by atoms with van der Waals surface area (Å²) in [4.78, 5) is 24.7. The van der Waals surface area contributed by atoms with Crippen molar-refractivity contribution < 1.29 is 17.9 Å². The molecule has 0 aliphatic carbocycles. The molecule has 3 heterocycles. The maximum atomic E-state index is 14.0. The highest BCUT2D eigenvalue weighted by Crippen LogP contribution is 2.30. The highest BCUT2D eigenvalue weighted by atomic mass is 32.2. The second-order valence-electron chi connectivity index (χ2n) is 10.9. The number of hydrogen-bond donors (Lipinski definition) is 1. The van der Waals surface area contributed by atoms with Crippen molar-refractivity contribution in [1.29, 1.82) is 0 Å². The molecule has 1 aliphatic rings. The van der Waals surface area contributed by atoms with E-state index in [1.807, 2.05) is 45.3 Å². The Morgan fingerprint density at radius 2 is 1.80 bits per heavy atom. The Labute approximate surface area is 240 Å². The van der Waals surface area contributed by atoms with Crippen molar-refractivity contribution in [1.82, 2.24) is 24.6 Å². The standard InChI is InChI=1S/C30H34N6O4S/c1-19(2)12-24-18-40-27-14-26(28-20(3)8-6-9-21(28)4)32-30(33-27)34-41(38,39)25-11-7-10-23(13-25)29(37)36(24)17-22-15-31-35(5)16-22/h6-11,13-16,19,24H,12,17-18H2,1-5H3,(H,32,33,34)/t24-/m1/s1. The predicted molar refractivity (Wildman–Crippen MR) is 156 cm³/mol. The molecule has 1 atom stereocenters. The van der Waals surface area contributed by atoms with Crippen LogP contribution in [-0.2, 0) is 23.6 Å². The van der Waals surface area contributed by atoms with Crippen molar-refractivity contribution >= 4 is 21.9 Å². The summed E-state index contributed by atoms with van der Waals surface area (Å²) in [5.74, 6) is 0.0593. The molecule has 1 N–H and O–H groups in total. The highest BCUT2D eigenvalue weighted by Gasteiger charge is 2.29. The normalized spacial score (nSPS) is 16.8. The van der Waals surface area contributed by atoms with Gasteiger partial charge in [-0.2, -0.15) is 10.1 Å². The molecular weight excluding hydrogens is 540 g/mol. The van der Waals surface area contributed by atoms with Crippen LogP contribution in [0.3, 0.4) is 0 Å². The summed E-state index contributed by atoms with van der Waals surface area (Å²) in [5, 5.41) is 4.26. The zero-order valence-electron chi connectivity index (χ0n) is 23.8. The van der Waals surface area contributed by atoms with Crippen molar-refractivity contribution in [2.45, 2.75) is 51.6 Å². The van der Waals surface area contributed by atoms with E-state index in [0.717, 1.165) is 22.3 Å². The molecule has 0 fully saturated rings. The van der Waals surface area contributed by atoms with E-state index in [1.54, 1.807) is 34.0 Å². The first-order valence-corrected chi connectivity index (χ1v) is 15.0. The lowest BCUT2D eigenvalue weighted by molar-refractivity contribution is 0.0553. The van der Waals surface area contributed by atoms with E-state index in [0.29, 0.717) is 12.1 Å². The van der Waals surface area contributed by atoms with E-state index in [4.69, 9.17) is 4.74 Å². The SMILES string of the molecule is Cc1cccc(C)c1-c1cc2nc(n1)NS(=O)(=O)c1cccc(c1)C(=O)N(Cc1cnn(C)c1)[C@H](CC(C)C)CO2. The molecule has 1 amide bonds. The van der Waals surface area contributed by atoms with Crippen LogP contribution in [0.15, 0.2) is 65.8 Å². The molecule has 4 bridgehead atoms. The first-order valence-electron chi connectivity index (χ1n) is 13.5. The van der Waals surface area contributed by atoms with Gasteiger partial charge in [0.15, 0.2) is 0 Å². The number of fused-ring (bicyclic) bond motifs is 4. The minimum Gasteiger partial charge on any atom is -0.475 e. The maximum absolute atomic E-state index is 14.0. The van der Waals surface area contributed by atoms with E-state index in [-0.39, 0.29) is 53.3 Å². The molecule has 214 valence electrons. The van der Waals surface area contributed by atoms with E-state index in [1.165, 1.54) is 12.1 Å². The average Bonchev–Trinajstić information content (AvgIpc) is 3.33.